The molecule has 0 bridgehead atoms. The van der Waals surface area contributed by atoms with Crippen LogP contribution in [0.4, 0.5) is 0 Å². The minimum atomic E-state index is 1.19. The van der Waals surface area contributed by atoms with E-state index in [1.54, 1.807) is 0 Å². The van der Waals surface area contributed by atoms with Crippen molar-refractivity contribution in [3.63, 3.8) is 0 Å². The summed E-state index contributed by atoms with van der Waals surface area (Å²) in [6.45, 7) is 0. The van der Waals surface area contributed by atoms with Gasteiger partial charge in [0, 0.05) is 5.92 Å². The summed E-state index contributed by atoms with van der Waals surface area (Å²) in [6, 6.07) is 31.2. The number of allylic oxidation sites excluding steroid dienone is 2. The summed E-state index contributed by atoms with van der Waals surface area (Å²) in [5, 5.41) is 0. The maximum absolute atomic E-state index is 2.17. The highest BCUT2D eigenvalue weighted by Gasteiger charge is 2.04. The maximum Gasteiger partial charge on any atom is 0.0485 e. The van der Waals surface area contributed by atoms with Crippen LogP contribution in [-0.4, -0.2) is 0 Å². The zero-order valence-corrected chi connectivity index (χ0v) is 13.0. The van der Waals surface area contributed by atoms with E-state index in [9.17, 15) is 0 Å². The molecule has 0 heterocycles. The van der Waals surface area contributed by atoms with Crippen molar-refractivity contribution in [2.24, 2.45) is 0 Å². The van der Waals surface area contributed by atoms with E-state index in [0.717, 1.165) is 0 Å². The summed E-state index contributed by atoms with van der Waals surface area (Å²) in [6.07, 6.45) is 8.64. The van der Waals surface area contributed by atoms with Crippen molar-refractivity contribution < 1.29 is 0 Å². The van der Waals surface area contributed by atoms with Gasteiger partial charge in [-0.1, -0.05) is 115 Å². The van der Waals surface area contributed by atoms with Crippen LogP contribution in [-0.2, 0) is 0 Å². The van der Waals surface area contributed by atoms with Gasteiger partial charge in [0.25, 0.3) is 0 Å². The van der Waals surface area contributed by atoms with Crippen LogP contribution in [0.2, 0.25) is 0 Å². The molecule has 3 aromatic rings. The largest absolute Gasteiger partial charge is 0.0681 e. The summed E-state index contributed by atoms with van der Waals surface area (Å²) in [5.41, 5.74) is 3.62. The quantitative estimate of drug-likeness (QED) is 0.538. The summed E-state index contributed by atoms with van der Waals surface area (Å²) in [5.74, 6) is 1.19. The van der Waals surface area contributed by atoms with Crippen molar-refractivity contribution in [3.8, 4) is 0 Å². The van der Waals surface area contributed by atoms with Crippen molar-refractivity contribution in [3.05, 3.63) is 126 Å². The molecule has 0 amide bonds. The molecule has 3 aromatic carbocycles. The Morgan fingerprint density at radius 1 is 0.478 bits per heavy atom. The highest BCUT2D eigenvalue weighted by molar-refractivity contribution is 5.62. The second-order valence-corrected chi connectivity index (χ2v) is 5.31. The standard InChI is InChI=1S/C23H19/c1-4-10-20(11-5-1)16-18-23(22-14-8-3-9-15-22)19-17-21-12-6-2-7-13-21/h1-19H. The Morgan fingerprint density at radius 2 is 0.870 bits per heavy atom. The van der Waals surface area contributed by atoms with E-state index in [1.807, 2.05) is 18.2 Å². The summed E-state index contributed by atoms with van der Waals surface area (Å²) >= 11 is 0. The van der Waals surface area contributed by atoms with E-state index in [1.165, 1.54) is 22.6 Å². The van der Waals surface area contributed by atoms with E-state index in [2.05, 4.69) is 97.1 Å². The monoisotopic (exact) mass is 295 g/mol. The molecule has 23 heavy (non-hydrogen) atoms. The predicted molar refractivity (Wildman–Crippen MR) is 99.7 cm³/mol. The van der Waals surface area contributed by atoms with Crippen LogP contribution < -0.4 is 0 Å². The Morgan fingerprint density at radius 3 is 1.30 bits per heavy atom. The summed E-state index contributed by atoms with van der Waals surface area (Å²) < 4.78 is 0. The zero-order chi connectivity index (χ0) is 15.7. The molecule has 0 aliphatic heterocycles. The van der Waals surface area contributed by atoms with Crippen LogP contribution in [0.3, 0.4) is 0 Å². The average Bonchev–Trinajstić information content (AvgIpc) is 2.64. The van der Waals surface area contributed by atoms with Gasteiger partial charge in [-0.3, -0.25) is 0 Å². The van der Waals surface area contributed by atoms with Crippen molar-refractivity contribution in [1.29, 1.82) is 0 Å². The molecule has 0 aliphatic carbocycles. The molecule has 1 radical (unpaired) electrons. The minimum absolute atomic E-state index is 1.19. The molecule has 0 aliphatic rings. The first-order chi connectivity index (χ1) is 11.4. The lowest BCUT2D eigenvalue weighted by Gasteiger charge is -2.07. The molecule has 0 heteroatoms. The van der Waals surface area contributed by atoms with Gasteiger partial charge in [0.2, 0.25) is 0 Å². The van der Waals surface area contributed by atoms with Gasteiger partial charge in [-0.15, -0.1) is 0 Å². The molecular weight excluding hydrogens is 276 g/mol. The van der Waals surface area contributed by atoms with Crippen molar-refractivity contribution >= 4 is 12.2 Å². The Kier molecular flexibility index (Phi) is 5.21. The van der Waals surface area contributed by atoms with Gasteiger partial charge in [-0.25, -0.2) is 0 Å². The number of hydrogen-bond donors (Lipinski definition) is 0. The molecular formula is C23H19. The fourth-order valence-electron chi connectivity index (χ4n) is 2.38. The molecule has 0 spiro atoms. The lowest BCUT2D eigenvalue weighted by atomic mass is 9.96. The normalized spacial score (nSPS) is 11.5. The first-order valence-corrected chi connectivity index (χ1v) is 7.80. The summed E-state index contributed by atoms with van der Waals surface area (Å²) in [7, 11) is 0. The van der Waals surface area contributed by atoms with E-state index in [0.29, 0.717) is 0 Å². The third kappa shape index (κ3) is 4.55. The van der Waals surface area contributed by atoms with Gasteiger partial charge >= 0.3 is 0 Å². The fourth-order valence-corrected chi connectivity index (χ4v) is 2.38. The van der Waals surface area contributed by atoms with Gasteiger partial charge in [-0.2, -0.15) is 0 Å². The van der Waals surface area contributed by atoms with Gasteiger partial charge in [-0.05, 0) is 16.7 Å². The Hall–Kier alpha value is -2.86. The molecule has 0 atom stereocenters. The number of rotatable bonds is 5. The Labute approximate surface area is 138 Å². The van der Waals surface area contributed by atoms with Crippen LogP contribution >= 0.6 is 0 Å². The fraction of sp³-hybridized carbons (Fsp3) is 0. The van der Waals surface area contributed by atoms with Crippen LogP contribution in [0.5, 0.6) is 0 Å². The van der Waals surface area contributed by atoms with Crippen LogP contribution in [0.15, 0.2) is 103 Å². The molecule has 0 unspecified atom stereocenters. The summed E-state index contributed by atoms with van der Waals surface area (Å²) in [4.78, 5) is 0. The first-order valence-electron chi connectivity index (χ1n) is 7.80. The first kappa shape index (κ1) is 15.1. The SMILES string of the molecule is C(=Cc1ccccc1)[C](C=Cc1ccccc1)c1ccccc1. The number of hydrogen-bond acceptors (Lipinski definition) is 0. The Balaban J connectivity index is 1.85. The highest BCUT2D eigenvalue weighted by Crippen LogP contribution is 2.20. The second-order valence-electron chi connectivity index (χ2n) is 5.31. The molecule has 0 aromatic heterocycles. The molecule has 0 nitrogen and oxygen atoms in total. The zero-order valence-electron chi connectivity index (χ0n) is 13.0. The van der Waals surface area contributed by atoms with Crippen LogP contribution in [0.25, 0.3) is 12.2 Å². The molecule has 0 saturated carbocycles. The van der Waals surface area contributed by atoms with E-state index >= 15 is 0 Å². The third-order valence-corrected chi connectivity index (χ3v) is 3.62. The Bertz CT molecular complexity index is 703. The van der Waals surface area contributed by atoms with Gasteiger partial charge in [0.1, 0.15) is 0 Å². The third-order valence-electron chi connectivity index (χ3n) is 3.62. The van der Waals surface area contributed by atoms with E-state index in [4.69, 9.17) is 0 Å². The molecule has 0 N–H and O–H groups in total. The second kappa shape index (κ2) is 7.95. The average molecular weight is 295 g/mol. The van der Waals surface area contributed by atoms with Crippen LogP contribution in [0, 0.1) is 5.92 Å². The molecule has 3 rings (SSSR count). The van der Waals surface area contributed by atoms with Gasteiger partial charge in [0.15, 0.2) is 0 Å². The predicted octanol–water partition coefficient (Wildman–Crippen LogP) is 6.04. The number of benzene rings is 3. The molecule has 111 valence electrons. The van der Waals surface area contributed by atoms with Crippen LogP contribution in [0.1, 0.15) is 16.7 Å². The van der Waals surface area contributed by atoms with Crippen molar-refractivity contribution in [2.45, 2.75) is 0 Å². The van der Waals surface area contributed by atoms with Crippen molar-refractivity contribution in [1.82, 2.24) is 0 Å². The lowest BCUT2D eigenvalue weighted by molar-refractivity contribution is 1.38. The van der Waals surface area contributed by atoms with E-state index < -0.39 is 0 Å². The maximum atomic E-state index is 2.17. The van der Waals surface area contributed by atoms with Gasteiger partial charge in [0.05, 0.1) is 0 Å². The smallest absolute Gasteiger partial charge is 0.0485 e. The van der Waals surface area contributed by atoms with Gasteiger partial charge < -0.3 is 0 Å². The van der Waals surface area contributed by atoms with E-state index in [-0.39, 0.29) is 0 Å². The molecule has 0 fully saturated rings. The highest BCUT2D eigenvalue weighted by atomic mass is 14.1. The minimum Gasteiger partial charge on any atom is -0.0681 e. The van der Waals surface area contributed by atoms with Crippen molar-refractivity contribution in [2.75, 3.05) is 0 Å². The molecule has 0 saturated heterocycles. The topological polar surface area (TPSA) is 0 Å². The lowest BCUT2D eigenvalue weighted by Crippen LogP contribution is -1.91.